The Morgan fingerprint density at radius 3 is 2.04 bits per heavy atom. The first-order valence-corrected chi connectivity index (χ1v) is 8.22. The smallest absolute Gasteiger partial charge is 0.200 e. The summed E-state index contributed by atoms with van der Waals surface area (Å²) < 4.78 is 2.22. The van der Waals surface area contributed by atoms with Gasteiger partial charge < -0.3 is 0 Å². The second-order valence-corrected chi connectivity index (χ2v) is 6.51. The fraction of sp³-hybridized carbons (Fsp3) is 0.227. The minimum absolute atomic E-state index is 0.573. The molecule has 0 aliphatic carbocycles. The van der Waals surface area contributed by atoms with Gasteiger partial charge in [-0.3, -0.25) is 0 Å². The van der Waals surface area contributed by atoms with E-state index in [1.165, 1.54) is 33.5 Å². The van der Waals surface area contributed by atoms with Crippen molar-refractivity contribution < 1.29 is 4.57 Å². The van der Waals surface area contributed by atoms with Crippen molar-refractivity contribution >= 4 is 0 Å². The van der Waals surface area contributed by atoms with E-state index < -0.39 is 0 Å². The van der Waals surface area contributed by atoms with Crippen molar-refractivity contribution in [3.8, 4) is 22.4 Å². The predicted molar refractivity (Wildman–Crippen MR) is 97.3 cm³/mol. The molecule has 0 fully saturated rings. The molecule has 1 heterocycles. The maximum atomic E-state index is 2.23. The van der Waals surface area contributed by atoms with Crippen LogP contribution in [0.15, 0.2) is 66.9 Å². The Bertz CT molecular complexity index is 814. The van der Waals surface area contributed by atoms with E-state index in [1.807, 2.05) is 0 Å². The average molecular weight is 302 g/mol. The number of hydrogen-bond donors (Lipinski definition) is 0. The molecular formula is C22H24N+. The highest BCUT2D eigenvalue weighted by molar-refractivity contribution is 5.66. The van der Waals surface area contributed by atoms with Crippen molar-refractivity contribution in [3.05, 3.63) is 78.0 Å². The highest BCUT2D eigenvalue weighted by atomic mass is 14.9. The van der Waals surface area contributed by atoms with Gasteiger partial charge in [-0.1, -0.05) is 56.3 Å². The third-order valence-electron chi connectivity index (χ3n) is 4.47. The van der Waals surface area contributed by atoms with Crippen molar-refractivity contribution in [3.63, 3.8) is 0 Å². The highest BCUT2D eigenvalue weighted by Crippen LogP contribution is 2.25. The van der Waals surface area contributed by atoms with E-state index >= 15 is 0 Å². The van der Waals surface area contributed by atoms with E-state index in [-0.39, 0.29) is 0 Å². The summed E-state index contributed by atoms with van der Waals surface area (Å²) in [5, 5.41) is 0. The SMILES string of the molecule is Cc1ccccc1-c1ccc(-c2ccc(C(C)C)cc2)c[n+]1C. The van der Waals surface area contributed by atoms with Crippen LogP contribution in [0.4, 0.5) is 0 Å². The van der Waals surface area contributed by atoms with Crippen LogP contribution in [0, 0.1) is 6.92 Å². The maximum Gasteiger partial charge on any atom is 0.212 e. The Hall–Kier alpha value is -2.41. The van der Waals surface area contributed by atoms with Gasteiger partial charge in [-0.25, -0.2) is 4.57 Å². The van der Waals surface area contributed by atoms with Crippen LogP contribution in [0.25, 0.3) is 22.4 Å². The number of aromatic nitrogens is 1. The molecule has 0 spiro atoms. The molecule has 0 amide bonds. The summed E-state index contributed by atoms with van der Waals surface area (Å²) in [5.41, 5.74) is 7.73. The van der Waals surface area contributed by atoms with Crippen LogP contribution < -0.4 is 4.57 Å². The molecule has 3 aromatic rings. The molecule has 2 aromatic carbocycles. The quantitative estimate of drug-likeness (QED) is 0.580. The normalized spacial score (nSPS) is 11.0. The minimum atomic E-state index is 0.573. The van der Waals surface area contributed by atoms with Crippen molar-refractivity contribution in [1.82, 2.24) is 0 Å². The first-order chi connectivity index (χ1) is 11.1. The molecular weight excluding hydrogens is 278 g/mol. The molecule has 3 rings (SSSR count). The Kier molecular flexibility index (Phi) is 4.29. The summed E-state index contributed by atoms with van der Waals surface area (Å²) in [4.78, 5) is 0. The van der Waals surface area contributed by atoms with Crippen LogP contribution in [0.1, 0.15) is 30.9 Å². The van der Waals surface area contributed by atoms with E-state index in [0.717, 1.165) is 0 Å². The molecule has 0 saturated carbocycles. The summed E-state index contributed by atoms with van der Waals surface area (Å²) in [5.74, 6) is 0.573. The summed E-state index contributed by atoms with van der Waals surface area (Å²) in [7, 11) is 2.12. The fourth-order valence-electron chi connectivity index (χ4n) is 2.98. The molecule has 0 saturated heterocycles. The van der Waals surface area contributed by atoms with Crippen LogP contribution in [0.3, 0.4) is 0 Å². The summed E-state index contributed by atoms with van der Waals surface area (Å²) in [6.45, 7) is 6.62. The Labute approximate surface area is 139 Å². The molecule has 0 atom stereocenters. The second kappa shape index (κ2) is 6.37. The number of hydrogen-bond acceptors (Lipinski definition) is 0. The number of pyridine rings is 1. The zero-order chi connectivity index (χ0) is 16.4. The van der Waals surface area contributed by atoms with E-state index in [9.17, 15) is 0 Å². The van der Waals surface area contributed by atoms with Crippen LogP contribution in [-0.2, 0) is 7.05 Å². The van der Waals surface area contributed by atoms with Gasteiger partial charge in [0.2, 0.25) is 5.69 Å². The second-order valence-electron chi connectivity index (χ2n) is 6.51. The first kappa shape index (κ1) is 15.5. The number of rotatable bonds is 3. The minimum Gasteiger partial charge on any atom is -0.200 e. The van der Waals surface area contributed by atoms with Gasteiger partial charge >= 0.3 is 0 Å². The highest BCUT2D eigenvalue weighted by Gasteiger charge is 2.13. The van der Waals surface area contributed by atoms with Crippen LogP contribution in [0.5, 0.6) is 0 Å². The molecule has 116 valence electrons. The Morgan fingerprint density at radius 2 is 1.43 bits per heavy atom. The van der Waals surface area contributed by atoms with E-state index in [4.69, 9.17) is 0 Å². The van der Waals surface area contributed by atoms with Crippen molar-refractivity contribution in [1.29, 1.82) is 0 Å². The predicted octanol–water partition coefficient (Wildman–Crippen LogP) is 5.28. The van der Waals surface area contributed by atoms with Crippen molar-refractivity contribution in [2.45, 2.75) is 26.7 Å². The van der Waals surface area contributed by atoms with E-state index in [2.05, 4.69) is 99.2 Å². The van der Waals surface area contributed by atoms with Gasteiger partial charge in [0.15, 0.2) is 6.20 Å². The third-order valence-corrected chi connectivity index (χ3v) is 4.47. The van der Waals surface area contributed by atoms with Gasteiger partial charge in [0, 0.05) is 17.2 Å². The molecule has 0 aliphatic heterocycles. The van der Waals surface area contributed by atoms with E-state index in [0.29, 0.717) is 5.92 Å². The summed E-state index contributed by atoms with van der Waals surface area (Å²) >= 11 is 0. The topological polar surface area (TPSA) is 3.88 Å². The number of benzene rings is 2. The summed E-state index contributed by atoms with van der Waals surface area (Å²) in [6.07, 6.45) is 2.21. The molecule has 23 heavy (non-hydrogen) atoms. The van der Waals surface area contributed by atoms with Gasteiger partial charge in [-0.15, -0.1) is 0 Å². The van der Waals surface area contributed by atoms with Gasteiger partial charge in [0.25, 0.3) is 0 Å². The van der Waals surface area contributed by atoms with E-state index in [1.54, 1.807) is 0 Å². The lowest BCUT2D eigenvalue weighted by atomic mass is 9.98. The zero-order valence-electron chi connectivity index (χ0n) is 14.4. The first-order valence-electron chi connectivity index (χ1n) is 8.22. The zero-order valence-corrected chi connectivity index (χ0v) is 14.4. The van der Waals surface area contributed by atoms with Gasteiger partial charge in [0.1, 0.15) is 7.05 Å². The monoisotopic (exact) mass is 302 g/mol. The molecule has 1 nitrogen and oxygen atoms in total. The molecule has 0 radical (unpaired) electrons. The Morgan fingerprint density at radius 1 is 0.783 bits per heavy atom. The lowest BCUT2D eigenvalue weighted by molar-refractivity contribution is -0.659. The lowest BCUT2D eigenvalue weighted by Gasteiger charge is -2.08. The van der Waals surface area contributed by atoms with Gasteiger partial charge in [-0.05, 0) is 41.7 Å². The fourth-order valence-corrected chi connectivity index (χ4v) is 2.98. The number of aryl methyl sites for hydroxylation is 2. The standard InChI is InChI=1S/C22H24N/c1-16(2)18-9-11-19(12-10-18)20-13-14-22(23(4)15-20)21-8-6-5-7-17(21)3/h5-16H,1-4H3/q+1. The van der Waals surface area contributed by atoms with Crippen LogP contribution in [-0.4, -0.2) is 0 Å². The average Bonchev–Trinajstić information content (AvgIpc) is 2.56. The number of nitrogens with zero attached hydrogens (tertiary/aromatic N) is 1. The maximum absolute atomic E-state index is 2.23. The molecule has 1 heteroatoms. The summed E-state index contributed by atoms with van der Waals surface area (Å²) in [6, 6.07) is 21.9. The molecule has 0 bridgehead atoms. The van der Waals surface area contributed by atoms with Gasteiger partial charge in [0.05, 0.1) is 0 Å². The van der Waals surface area contributed by atoms with Crippen LogP contribution in [0.2, 0.25) is 0 Å². The molecule has 1 aromatic heterocycles. The van der Waals surface area contributed by atoms with Crippen molar-refractivity contribution in [2.24, 2.45) is 7.05 Å². The van der Waals surface area contributed by atoms with Gasteiger partial charge in [-0.2, -0.15) is 0 Å². The molecule has 0 N–H and O–H groups in total. The molecule has 0 unspecified atom stereocenters. The Balaban J connectivity index is 1.98. The molecule has 0 aliphatic rings. The third kappa shape index (κ3) is 3.19. The van der Waals surface area contributed by atoms with Crippen LogP contribution >= 0.6 is 0 Å². The van der Waals surface area contributed by atoms with Crippen molar-refractivity contribution in [2.75, 3.05) is 0 Å². The lowest BCUT2D eigenvalue weighted by Crippen LogP contribution is -2.30. The largest absolute Gasteiger partial charge is 0.212 e.